The molecule has 0 amide bonds. The summed E-state index contributed by atoms with van der Waals surface area (Å²) in [4.78, 5) is 8.72. The first-order valence-corrected chi connectivity index (χ1v) is 8.38. The van der Waals surface area contributed by atoms with Crippen LogP contribution in [0.5, 0.6) is 0 Å². The Labute approximate surface area is 145 Å². The second-order valence-electron chi connectivity index (χ2n) is 6.55. The number of aromatic nitrogens is 4. The molecule has 0 unspecified atom stereocenters. The molecular weight excluding hydrogens is 321 g/mol. The Bertz CT molecular complexity index is 888. The fraction of sp³-hybridized carbons (Fsp3) is 0.389. The van der Waals surface area contributed by atoms with Gasteiger partial charge in [0, 0.05) is 25.8 Å². The molecule has 1 aromatic carbocycles. The highest BCUT2D eigenvalue weighted by Crippen LogP contribution is 2.31. The van der Waals surface area contributed by atoms with Gasteiger partial charge in [-0.25, -0.2) is 14.4 Å². The molecule has 0 atom stereocenters. The molecule has 7 heteroatoms. The van der Waals surface area contributed by atoms with Gasteiger partial charge >= 0.3 is 0 Å². The number of nitrogens with zero attached hydrogens (tertiary/aromatic N) is 4. The van der Waals surface area contributed by atoms with Gasteiger partial charge in [0.25, 0.3) is 0 Å². The zero-order valence-corrected chi connectivity index (χ0v) is 14.1. The van der Waals surface area contributed by atoms with Gasteiger partial charge in [-0.2, -0.15) is 5.10 Å². The quantitative estimate of drug-likeness (QED) is 0.790. The Morgan fingerprint density at radius 1 is 1.28 bits per heavy atom. The van der Waals surface area contributed by atoms with Gasteiger partial charge in [0.05, 0.1) is 11.6 Å². The van der Waals surface area contributed by atoms with E-state index in [1.54, 1.807) is 29.3 Å². The summed E-state index contributed by atoms with van der Waals surface area (Å²) < 4.78 is 20.9. The zero-order valence-electron chi connectivity index (χ0n) is 14.1. The molecule has 1 aliphatic heterocycles. The van der Waals surface area contributed by atoms with Gasteiger partial charge in [0.15, 0.2) is 5.65 Å². The highest BCUT2D eigenvalue weighted by molar-refractivity contribution is 5.86. The number of benzene rings is 1. The van der Waals surface area contributed by atoms with Crippen molar-refractivity contribution in [2.75, 3.05) is 18.5 Å². The van der Waals surface area contributed by atoms with Crippen LogP contribution in [-0.4, -0.2) is 38.5 Å². The summed E-state index contributed by atoms with van der Waals surface area (Å²) in [6.07, 6.45) is 5.68. The number of halogens is 1. The second kappa shape index (κ2) is 6.40. The molecule has 0 aliphatic carbocycles. The van der Waals surface area contributed by atoms with Crippen molar-refractivity contribution in [2.24, 2.45) is 7.05 Å². The van der Waals surface area contributed by atoms with Gasteiger partial charge in [0.2, 0.25) is 0 Å². The summed E-state index contributed by atoms with van der Waals surface area (Å²) in [6.45, 7) is 1.34. The van der Waals surface area contributed by atoms with Crippen LogP contribution in [0.25, 0.3) is 11.0 Å². The molecule has 3 aromatic rings. The average Bonchev–Trinajstić information content (AvgIpc) is 2.98. The SMILES string of the molecule is Cn1ncc2c(NC3(Cc4cccc(F)c4)CCOCC3)ncnc21. The highest BCUT2D eigenvalue weighted by Gasteiger charge is 2.34. The van der Waals surface area contributed by atoms with E-state index in [9.17, 15) is 4.39 Å². The number of aryl methyl sites for hydroxylation is 1. The lowest BCUT2D eigenvalue weighted by atomic mass is 9.83. The lowest BCUT2D eigenvalue weighted by Gasteiger charge is -2.38. The number of hydrogen-bond acceptors (Lipinski definition) is 5. The Morgan fingerprint density at radius 3 is 2.92 bits per heavy atom. The van der Waals surface area contributed by atoms with E-state index in [2.05, 4.69) is 20.4 Å². The number of hydrogen-bond donors (Lipinski definition) is 1. The summed E-state index contributed by atoms with van der Waals surface area (Å²) in [5, 5.41) is 8.76. The summed E-state index contributed by atoms with van der Waals surface area (Å²) in [5.74, 6) is 0.549. The van der Waals surface area contributed by atoms with Crippen LogP contribution in [0.3, 0.4) is 0 Å². The summed E-state index contributed by atoms with van der Waals surface area (Å²) >= 11 is 0. The molecule has 0 bridgehead atoms. The number of ether oxygens (including phenoxy) is 1. The Hall–Kier alpha value is -2.54. The van der Waals surface area contributed by atoms with Crippen LogP contribution in [0, 0.1) is 5.82 Å². The predicted molar refractivity (Wildman–Crippen MR) is 92.8 cm³/mol. The van der Waals surface area contributed by atoms with Crippen LogP contribution in [0.15, 0.2) is 36.8 Å². The number of rotatable bonds is 4. The summed E-state index contributed by atoms with van der Waals surface area (Å²) in [7, 11) is 1.86. The maximum Gasteiger partial charge on any atom is 0.163 e. The van der Waals surface area contributed by atoms with Crippen LogP contribution >= 0.6 is 0 Å². The van der Waals surface area contributed by atoms with E-state index in [1.807, 2.05) is 13.1 Å². The molecule has 1 N–H and O–H groups in total. The van der Waals surface area contributed by atoms with Crippen molar-refractivity contribution in [3.63, 3.8) is 0 Å². The minimum Gasteiger partial charge on any atom is -0.381 e. The molecule has 6 nitrogen and oxygen atoms in total. The Balaban J connectivity index is 1.69. The smallest absolute Gasteiger partial charge is 0.163 e. The Kier molecular flexibility index (Phi) is 4.09. The molecule has 25 heavy (non-hydrogen) atoms. The first-order valence-electron chi connectivity index (χ1n) is 8.38. The zero-order chi connectivity index (χ0) is 17.3. The Morgan fingerprint density at radius 2 is 2.12 bits per heavy atom. The highest BCUT2D eigenvalue weighted by atomic mass is 19.1. The molecule has 2 aromatic heterocycles. The molecule has 4 rings (SSSR count). The maximum absolute atomic E-state index is 13.6. The average molecular weight is 341 g/mol. The van der Waals surface area contributed by atoms with Crippen molar-refractivity contribution >= 4 is 16.9 Å². The molecular formula is C18H20FN5O. The number of nitrogens with one attached hydrogen (secondary N) is 1. The number of anilines is 1. The van der Waals surface area contributed by atoms with Gasteiger partial charge in [-0.3, -0.25) is 4.68 Å². The van der Waals surface area contributed by atoms with Crippen LogP contribution in [0.1, 0.15) is 18.4 Å². The second-order valence-corrected chi connectivity index (χ2v) is 6.55. The van der Waals surface area contributed by atoms with Gasteiger partial charge in [0.1, 0.15) is 18.0 Å². The summed E-state index contributed by atoms with van der Waals surface area (Å²) in [5.41, 5.74) is 1.51. The van der Waals surface area contributed by atoms with Crippen LogP contribution < -0.4 is 5.32 Å². The van der Waals surface area contributed by atoms with E-state index in [-0.39, 0.29) is 11.4 Å². The molecule has 0 saturated carbocycles. The van der Waals surface area contributed by atoms with Gasteiger partial charge < -0.3 is 10.1 Å². The fourth-order valence-electron chi connectivity index (χ4n) is 3.46. The molecule has 0 spiro atoms. The number of fused-ring (bicyclic) bond motifs is 1. The molecule has 1 aliphatic rings. The minimum atomic E-state index is -0.233. The largest absolute Gasteiger partial charge is 0.381 e. The van der Waals surface area contributed by atoms with E-state index in [4.69, 9.17) is 4.74 Å². The molecule has 130 valence electrons. The van der Waals surface area contributed by atoms with Crippen molar-refractivity contribution < 1.29 is 9.13 Å². The van der Waals surface area contributed by atoms with E-state index in [0.717, 1.165) is 35.3 Å². The molecule has 3 heterocycles. The van der Waals surface area contributed by atoms with Crippen LogP contribution in [0.4, 0.5) is 10.2 Å². The van der Waals surface area contributed by atoms with E-state index in [1.165, 1.54) is 6.07 Å². The standard InChI is InChI=1S/C18H20FN5O/c1-24-17-15(11-22-24)16(20-12-21-17)23-18(5-7-25-8-6-18)10-13-3-2-4-14(19)9-13/h2-4,9,11-12H,5-8,10H2,1H3,(H,20,21,23). The van der Waals surface area contributed by atoms with Gasteiger partial charge in [-0.05, 0) is 37.0 Å². The first-order chi connectivity index (χ1) is 12.2. The van der Waals surface area contributed by atoms with Crippen molar-refractivity contribution in [3.05, 3.63) is 48.2 Å². The minimum absolute atomic E-state index is 0.212. The van der Waals surface area contributed by atoms with E-state index >= 15 is 0 Å². The lowest BCUT2D eigenvalue weighted by Crippen LogP contribution is -2.46. The van der Waals surface area contributed by atoms with Crippen LogP contribution in [-0.2, 0) is 18.2 Å². The maximum atomic E-state index is 13.6. The normalized spacial score (nSPS) is 16.9. The van der Waals surface area contributed by atoms with Crippen LogP contribution in [0.2, 0.25) is 0 Å². The van der Waals surface area contributed by atoms with E-state index < -0.39 is 0 Å². The monoisotopic (exact) mass is 341 g/mol. The topological polar surface area (TPSA) is 64.9 Å². The molecule has 1 fully saturated rings. The van der Waals surface area contributed by atoms with Crippen molar-refractivity contribution in [1.29, 1.82) is 0 Å². The van der Waals surface area contributed by atoms with Crippen molar-refractivity contribution in [2.45, 2.75) is 24.8 Å². The summed E-state index contributed by atoms with van der Waals surface area (Å²) in [6, 6.07) is 6.78. The van der Waals surface area contributed by atoms with Crippen molar-refractivity contribution in [1.82, 2.24) is 19.7 Å². The first kappa shape index (κ1) is 16.0. The molecule has 0 radical (unpaired) electrons. The lowest BCUT2D eigenvalue weighted by molar-refractivity contribution is 0.0602. The fourth-order valence-corrected chi connectivity index (χ4v) is 3.46. The third kappa shape index (κ3) is 3.19. The predicted octanol–water partition coefficient (Wildman–Crippen LogP) is 2.71. The van der Waals surface area contributed by atoms with Gasteiger partial charge in [-0.15, -0.1) is 0 Å². The third-order valence-corrected chi connectivity index (χ3v) is 4.79. The van der Waals surface area contributed by atoms with E-state index in [0.29, 0.717) is 19.6 Å². The third-order valence-electron chi connectivity index (χ3n) is 4.79. The van der Waals surface area contributed by atoms with Crippen molar-refractivity contribution in [3.8, 4) is 0 Å². The molecule has 1 saturated heterocycles. The van der Waals surface area contributed by atoms with Gasteiger partial charge in [-0.1, -0.05) is 12.1 Å².